The summed E-state index contributed by atoms with van der Waals surface area (Å²) in [6.07, 6.45) is -4.58. The second-order valence-electron chi connectivity index (χ2n) is 5.09. The van der Waals surface area contributed by atoms with Crippen molar-refractivity contribution in [2.24, 2.45) is 0 Å². The molecule has 7 nitrogen and oxygen atoms in total. The van der Waals surface area contributed by atoms with E-state index in [0.717, 1.165) is 6.07 Å². The molecule has 1 amide bonds. The summed E-state index contributed by atoms with van der Waals surface area (Å²) < 4.78 is 43.9. The van der Waals surface area contributed by atoms with Crippen LogP contribution in [0.4, 0.5) is 24.5 Å². The standard InChI is InChI=1S/C16H12F3N3O4S/c17-16(18,19)12-3-1-2-4-13(12)20-15(27)21-14(23)9-26-11-7-5-10(6-8-11)22(24)25/h1-8H,9H2,(H2,20,21,23,27). The van der Waals surface area contributed by atoms with E-state index in [2.05, 4.69) is 10.6 Å². The van der Waals surface area contributed by atoms with E-state index in [1.54, 1.807) is 0 Å². The van der Waals surface area contributed by atoms with Crippen molar-refractivity contribution in [1.82, 2.24) is 5.32 Å². The minimum atomic E-state index is -4.58. The first-order valence-corrected chi connectivity index (χ1v) is 7.72. The number of amides is 1. The number of nitrogens with zero attached hydrogens (tertiary/aromatic N) is 1. The minimum Gasteiger partial charge on any atom is -0.484 e. The highest BCUT2D eigenvalue weighted by Gasteiger charge is 2.33. The minimum absolute atomic E-state index is 0.138. The lowest BCUT2D eigenvalue weighted by Gasteiger charge is -2.15. The van der Waals surface area contributed by atoms with Gasteiger partial charge in [0.15, 0.2) is 11.7 Å². The monoisotopic (exact) mass is 399 g/mol. The maximum Gasteiger partial charge on any atom is 0.418 e. The second-order valence-corrected chi connectivity index (χ2v) is 5.49. The molecule has 0 heterocycles. The van der Waals surface area contributed by atoms with Gasteiger partial charge in [0.25, 0.3) is 11.6 Å². The lowest BCUT2D eigenvalue weighted by molar-refractivity contribution is -0.384. The van der Waals surface area contributed by atoms with Crippen molar-refractivity contribution < 1.29 is 27.6 Å². The van der Waals surface area contributed by atoms with Crippen molar-refractivity contribution in [2.75, 3.05) is 11.9 Å². The third-order valence-corrected chi connectivity index (χ3v) is 3.36. The zero-order valence-corrected chi connectivity index (χ0v) is 14.3. The summed E-state index contributed by atoms with van der Waals surface area (Å²) >= 11 is 4.83. The van der Waals surface area contributed by atoms with Crippen molar-refractivity contribution in [2.45, 2.75) is 6.18 Å². The van der Waals surface area contributed by atoms with Gasteiger partial charge in [0.05, 0.1) is 16.2 Å². The molecule has 0 radical (unpaired) electrons. The Labute approximate surface area is 156 Å². The average molecular weight is 399 g/mol. The highest BCUT2D eigenvalue weighted by molar-refractivity contribution is 7.80. The van der Waals surface area contributed by atoms with Crippen molar-refractivity contribution in [1.29, 1.82) is 0 Å². The molecule has 11 heteroatoms. The summed E-state index contributed by atoms with van der Waals surface area (Å²) in [6.45, 7) is -0.486. The van der Waals surface area contributed by atoms with Gasteiger partial charge in [0.2, 0.25) is 0 Å². The smallest absolute Gasteiger partial charge is 0.418 e. The Kier molecular flexibility index (Phi) is 6.29. The number of carbonyl (C=O) groups excluding carboxylic acids is 1. The second kappa shape index (κ2) is 8.45. The largest absolute Gasteiger partial charge is 0.484 e. The Morgan fingerprint density at radius 3 is 2.37 bits per heavy atom. The molecule has 0 aliphatic rings. The molecule has 142 valence electrons. The van der Waals surface area contributed by atoms with Crippen LogP contribution in [0.15, 0.2) is 48.5 Å². The molecule has 0 saturated carbocycles. The normalized spacial score (nSPS) is 10.8. The molecule has 2 aromatic rings. The van der Waals surface area contributed by atoms with Gasteiger partial charge in [-0.2, -0.15) is 13.2 Å². The van der Waals surface area contributed by atoms with Gasteiger partial charge in [0.1, 0.15) is 5.75 Å². The number of halogens is 3. The summed E-state index contributed by atoms with van der Waals surface area (Å²) in [6, 6.07) is 9.69. The fourth-order valence-corrected chi connectivity index (χ4v) is 2.19. The molecule has 0 unspecified atom stereocenters. The number of nitro benzene ring substituents is 1. The predicted molar refractivity (Wildman–Crippen MR) is 94.4 cm³/mol. The van der Waals surface area contributed by atoms with Crippen molar-refractivity contribution in [3.63, 3.8) is 0 Å². The number of hydrogen-bond donors (Lipinski definition) is 2. The Hall–Kier alpha value is -3.21. The molecule has 0 saturated heterocycles. The highest BCUT2D eigenvalue weighted by atomic mass is 32.1. The Balaban J connectivity index is 1.89. The van der Waals surface area contributed by atoms with Crippen LogP contribution in [-0.4, -0.2) is 22.5 Å². The fraction of sp³-hybridized carbons (Fsp3) is 0.125. The van der Waals surface area contributed by atoms with Crippen molar-refractivity contribution in [3.8, 4) is 5.75 Å². The number of rotatable bonds is 5. The fourth-order valence-electron chi connectivity index (χ4n) is 1.97. The first-order chi connectivity index (χ1) is 12.7. The molecule has 0 spiro atoms. The van der Waals surface area contributed by atoms with E-state index >= 15 is 0 Å². The average Bonchev–Trinajstić information content (AvgIpc) is 2.59. The van der Waals surface area contributed by atoms with E-state index in [9.17, 15) is 28.1 Å². The molecule has 0 bridgehead atoms. The third kappa shape index (κ3) is 5.92. The maximum atomic E-state index is 12.9. The zero-order valence-electron chi connectivity index (χ0n) is 13.4. The van der Waals surface area contributed by atoms with Crippen LogP contribution < -0.4 is 15.4 Å². The maximum absolute atomic E-state index is 12.9. The van der Waals surface area contributed by atoms with E-state index in [-0.39, 0.29) is 22.2 Å². The van der Waals surface area contributed by atoms with Crippen molar-refractivity contribution in [3.05, 3.63) is 64.2 Å². The number of hydrogen-bond acceptors (Lipinski definition) is 5. The molecule has 2 N–H and O–H groups in total. The Morgan fingerprint density at radius 1 is 1.15 bits per heavy atom. The summed E-state index contributed by atoms with van der Waals surface area (Å²) in [5, 5.41) is 14.7. The molecular formula is C16H12F3N3O4S. The lowest BCUT2D eigenvalue weighted by Crippen LogP contribution is -2.37. The van der Waals surface area contributed by atoms with E-state index in [1.807, 2.05) is 0 Å². The number of carbonyl (C=O) groups is 1. The van der Waals surface area contributed by atoms with Crippen molar-refractivity contribution >= 4 is 34.6 Å². The summed E-state index contributed by atoms with van der Waals surface area (Å²) in [4.78, 5) is 21.7. The van der Waals surface area contributed by atoms with Gasteiger partial charge in [-0.15, -0.1) is 0 Å². The van der Waals surface area contributed by atoms with Crippen LogP contribution in [0.25, 0.3) is 0 Å². The van der Waals surface area contributed by atoms with Crippen LogP contribution in [0.5, 0.6) is 5.75 Å². The summed E-state index contributed by atoms with van der Waals surface area (Å²) in [7, 11) is 0. The van der Waals surface area contributed by atoms with E-state index in [1.165, 1.54) is 42.5 Å². The van der Waals surface area contributed by atoms with Crippen LogP contribution >= 0.6 is 12.2 Å². The molecule has 0 aromatic heterocycles. The van der Waals surface area contributed by atoms with Gasteiger partial charge in [-0.3, -0.25) is 20.2 Å². The molecule has 0 atom stereocenters. The van der Waals surface area contributed by atoms with Gasteiger partial charge in [-0.1, -0.05) is 12.1 Å². The number of nitrogens with one attached hydrogen (secondary N) is 2. The topological polar surface area (TPSA) is 93.5 Å². The number of benzene rings is 2. The van der Waals surface area contributed by atoms with Crippen LogP contribution in [0.3, 0.4) is 0 Å². The van der Waals surface area contributed by atoms with E-state index in [4.69, 9.17) is 17.0 Å². The number of para-hydroxylation sites is 1. The number of nitro groups is 1. The number of thiocarbonyl (C=S) groups is 1. The molecule has 0 aliphatic heterocycles. The summed E-state index contributed by atoms with van der Waals surface area (Å²) in [5.74, 6) is -0.507. The van der Waals surface area contributed by atoms with Gasteiger partial charge in [-0.25, -0.2) is 0 Å². The molecule has 2 aromatic carbocycles. The molecule has 0 aliphatic carbocycles. The Bertz CT molecular complexity index is 857. The Morgan fingerprint density at radius 2 is 1.78 bits per heavy atom. The van der Waals surface area contributed by atoms with Crippen LogP contribution in [0.1, 0.15) is 5.56 Å². The van der Waals surface area contributed by atoms with Gasteiger partial charge < -0.3 is 10.1 Å². The molecular weight excluding hydrogens is 387 g/mol. The number of alkyl halides is 3. The lowest BCUT2D eigenvalue weighted by atomic mass is 10.2. The van der Waals surface area contributed by atoms with Crippen LogP contribution in [0.2, 0.25) is 0 Å². The summed E-state index contributed by atoms with van der Waals surface area (Å²) in [5.41, 5.74) is -1.36. The zero-order chi connectivity index (χ0) is 20.0. The third-order valence-electron chi connectivity index (χ3n) is 3.15. The van der Waals surface area contributed by atoms with Gasteiger partial charge in [-0.05, 0) is 36.5 Å². The SMILES string of the molecule is O=C(COc1ccc([N+](=O)[O-])cc1)NC(=S)Nc1ccccc1C(F)(F)F. The van der Waals surface area contributed by atoms with Crippen LogP contribution in [-0.2, 0) is 11.0 Å². The first kappa shape index (κ1) is 20.1. The quantitative estimate of drug-likeness (QED) is 0.454. The number of non-ortho nitro benzene ring substituents is 1. The first-order valence-electron chi connectivity index (χ1n) is 7.31. The highest BCUT2D eigenvalue weighted by Crippen LogP contribution is 2.34. The van der Waals surface area contributed by atoms with E-state index < -0.39 is 29.2 Å². The van der Waals surface area contributed by atoms with Gasteiger partial charge in [0, 0.05) is 12.1 Å². The molecule has 27 heavy (non-hydrogen) atoms. The number of ether oxygens (including phenoxy) is 1. The van der Waals surface area contributed by atoms with E-state index in [0.29, 0.717) is 0 Å². The van der Waals surface area contributed by atoms with Gasteiger partial charge >= 0.3 is 6.18 Å². The molecule has 0 fully saturated rings. The number of anilines is 1. The predicted octanol–water partition coefficient (Wildman–Crippen LogP) is 3.51. The molecule has 2 rings (SSSR count). The van der Waals surface area contributed by atoms with Crippen LogP contribution in [0, 0.1) is 10.1 Å².